The van der Waals surface area contributed by atoms with Crippen LogP contribution in [0, 0.1) is 11.8 Å². The van der Waals surface area contributed by atoms with E-state index in [1.54, 1.807) is 0 Å². The van der Waals surface area contributed by atoms with Crippen molar-refractivity contribution in [3.63, 3.8) is 0 Å². The van der Waals surface area contributed by atoms with Crippen molar-refractivity contribution in [2.45, 2.75) is 45.7 Å². The quantitative estimate of drug-likeness (QED) is 0.827. The molecular weight excluding hydrogens is 346 g/mol. The van der Waals surface area contributed by atoms with E-state index in [1.165, 1.54) is 6.42 Å². The predicted molar refractivity (Wildman–Crippen MR) is 102 cm³/mol. The summed E-state index contributed by atoms with van der Waals surface area (Å²) in [6.07, 6.45) is 3.28. The fourth-order valence-corrected chi connectivity index (χ4v) is 3.81. The van der Waals surface area contributed by atoms with Gasteiger partial charge in [-0.3, -0.25) is 15.0 Å². The Morgan fingerprint density at radius 2 is 1.96 bits per heavy atom. The third-order valence-electron chi connectivity index (χ3n) is 5.58. The normalized spacial score (nSPS) is 23.9. The molecule has 148 valence electrons. The Balaban J connectivity index is 1.43. The Morgan fingerprint density at radius 3 is 2.78 bits per heavy atom. The predicted octanol–water partition coefficient (Wildman–Crippen LogP) is 2.50. The minimum atomic E-state index is -0.401. The Morgan fingerprint density at radius 1 is 1.19 bits per heavy atom. The van der Waals surface area contributed by atoms with Crippen molar-refractivity contribution in [1.29, 1.82) is 0 Å². The number of rotatable bonds is 5. The van der Waals surface area contributed by atoms with Crippen LogP contribution in [0.25, 0.3) is 0 Å². The molecule has 0 bridgehead atoms. The summed E-state index contributed by atoms with van der Waals surface area (Å²) < 4.78 is 10.7. The lowest BCUT2D eigenvalue weighted by molar-refractivity contribution is -0.121. The van der Waals surface area contributed by atoms with Gasteiger partial charge >= 0.3 is 6.03 Å². The minimum absolute atomic E-state index is 0.132. The van der Waals surface area contributed by atoms with Crippen LogP contribution < -0.4 is 20.1 Å². The van der Waals surface area contributed by atoms with Crippen LogP contribution in [0.1, 0.15) is 38.7 Å². The lowest BCUT2D eigenvalue weighted by atomic mass is 9.78. The van der Waals surface area contributed by atoms with Gasteiger partial charge in [-0.25, -0.2) is 4.79 Å². The monoisotopic (exact) mass is 375 g/mol. The molecule has 1 fully saturated rings. The van der Waals surface area contributed by atoms with E-state index in [4.69, 9.17) is 9.47 Å². The molecule has 1 aromatic carbocycles. The molecule has 0 aromatic heterocycles. The van der Waals surface area contributed by atoms with Gasteiger partial charge in [0.15, 0.2) is 11.5 Å². The molecule has 0 radical (unpaired) electrons. The number of amides is 3. The van der Waals surface area contributed by atoms with Gasteiger partial charge in [0.05, 0.1) is 6.54 Å². The largest absolute Gasteiger partial charge is 0.454 e. The second-order valence-corrected chi connectivity index (χ2v) is 7.76. The fourth-order valence-electron chi connectivity index (χ4n) is 3.81. The highest BCUT2D eigenvalue weighted by atomic mass is 16.7. The maximum Gasteiger partial charge on any atom is 0.321 e. The van der Waals surface area contributed by atoms with Crippen molar-refractivity contribution < 1.29 is 19.1 Å². The van der Waals surface area contributed by atoms with Gasteiger partial charge in [-0.2, -0.15) is 0 Å². The highest BCUT2D eigenvalue weighted by Gasteiger charge is 2.28. The average molecular weight is 375 g/mol. The number of likely N-dealkylation sites (N-methyl/N-ethyl adjacent to an activating group) is 1. The highest BCUT2D eigenvalue weighted by Crippen LogP contribution is 2.32. The number of ether oxygens (including phenoxy) is 2. The first-order chi connectivity index (χ1) is 12.9. The molecule has 1 saturated carbocycles. The fraction of sp³-hybridized carbons (Fsp3) is 0.600. The van der Waals surface area contributed by atoms with Crippen molar-refractivity contribution in [3.05, 3.63) is 23.8 Å². The Kier molecular flexibility index (Phi) is 6.21. The summed E-state index contributed by atoms with van der Waals surface area (Å²) in [5.74, 6) is 2.16. The van der Waals surface area contributed by atoms with E-state index in [0.717, 1.165) is 29.9 Å². The molecule has 1 aromatic rings. The standard InChI is InChI=1S/C20H29N3O4/c1-13-5-4-6-16(14(13)2)21-20(25)22-19(24)11-23(3)10-15-7-8-17-18(9-15)27-12-26-17/h7-9,13-14,16H,4-6,10-12H2,1-3H3,(H2,21,22,24,25)/t13-,14-,16+/m1/s1. The number of carbonyl (C=O) groups is 2. The summed E-state index contributed by atoms with van der Waals surface area (Å²) >= 11 is 0. The van der Waals surface area contributed by atoms with Crippen LogP contribution in [-0.4, -0.2) is 43.3 Å². The van der Waals surface area contributed by atoms with Crippen LogP contribution in [-0.2, 0) is 11.3 Å². The number of benzene rings is 1. The highest BCUT2D eigenvalue weighted by molar-refractivity contribution is 5.95. The van der Waals surface area contributed by atoms with Gasteiger partial charge in [0, 0.05) is 12.6 Å². The first kappa shape index (κ1) is 19.5. The second kappa shape index (κ2) is 8.61. The second-order valence-electron chi connectivity index (χ2n) is 7.76. The molecule has 3 atom stereocenters. The summed E-state index contributed by atoms with van der Waals surface area (Å²) in [5, 5.41) is 5.41. The molecule has 2 N–H and O–H groups in total. The van der Waals surface area contributed by atoms with Crippen molar-refractivity contribution in [3.8, 4) is 11.5 Å². The van der Waals surface area contributed by atoms with Crippen molar-refractivity contribution in [2.24, 2.45) is 11.8 Å². The molecule has 27 heavy (non-hydrogen) atoms. The smallest absolute Gasteiger partial charge is 0.321 e. The summed E-state index contributed by atoms with van der Waals surface area (Å²) in [5.41, 5.74) is 1.02. The molecule has 3 rings (SSSR count). The molecule has 7 heteroatoms. The van der Waals surface area contributed by atoms with Gasteiger partial charge < -0.3 is 14.8 Å². The molecule has 0 unspecified atom stereocenters. The lowest BCUT2D eigenvalue weighted by Crippen LogP contribution is -2.50. The van der Waals surface area contributed by atoms with E-state index in [-0.39, 0.29) is 25.3 Å². The minimum Gasteiger partial charge on any atom is -0.454 e. The zero-order valence-electron chi connectivity index (χ0n) is 16.3. The molecular formula is C20H29N3O4. The number of carbonyl (C=O) groups excluding carboxylic acids is 2. The molecule has 3 amide bonds. The zero-order chi connectivity index (χ0) is 19.4. The number of fused-ring (bicyclic) bond motifs is 1. The van der Waals surface area contributed by atoms with Crippen LogP contribution in [0.2, 0.25) is 0 Å². The number of imide groups is 1. The van der Waals surface area contributed by atoms with E-state index < -0.39 is 6.03 Å². The van der Waals surface area contributed by atoms with Crippen molar-refractivity contribution in [1.82, 2.24) is 15.5 Å². The molecule has 0 spiro atoms. The van der Waals surface area contributed by atoms with E-state index in [9.17, 15) is 9.59 Å². The van der Waals surface area contributed by atoms with Gasteiger partial charge in [0.2, 0.25) is 12.7 Å². The van der Waals surface area contributed by atoms with Crippen molar-refractivity contribution in [2.75, 3.05) is 20.4 Å². The number of hydrogen-bond donors (Lipinski definition) is 2. The van der Waals surface area contributed by atoms with Crippen LogP contribution in [0.15, 0.2) is 18.2 Å². The molecule has 7 nitrogen and oxygen atoms in total. The van der Waals surface area contributed by atoms with E-state index in [0.29, 0.717) is 18.4 Å². The number of nitrogens with one attached hydrogen (secondary N) is 2. The number of nitrogens with zero attached hydrogens (tertiary/aromatic N) is 1. The molecule has 1 heterocycles. The van der Waals surface area contributed by atoms with Crippen LogP contribution >= 0.6 is 0 Å². The number of urea groups is 1. The van der Waals surface area contributed by atoms with E-state index in [1.807, 2.05) is 30.1 Å². The van der Waals surface area contributed by atoms with Gasteiger partial charge in [-0.15, -0.1) is 0 Å². The molecule has 1 aliphatic heterocycles. The maximum atomic E-state index is 12.2. The first-order valence-corrected chi connectivity index (χ1v) is 9.60. The van der Waals surface area contributed by atoms with Crippen LogP contribution in [0.5, 0.6) is 11.5 Å². The Labute approximate surface area is 160 Å². The number of hydrogen-bond acceptors (Lipinski definition) is 5. The van der Waals surface area contributed by atoms with Crippen LogP contribution in [0.3, 0.4) is 0 Å². The van der Waals surface area contributed by atoms with Gasteiger partial charge in [0.25, 0.3) is 0 Å². The summed E-state index contributed by atoms with van der Waals surface area (Å²) in [6.45, 7) is 5.33. The van der Waals surface area contributed by atoms with Crippen molar-refractivity contribution >= 4 is 11.9 Å². The van der Waals surface area contributed by atoms with Gasteiger partial charge in [-0.05, 0) is 43.0 Å². The third-order valence-corrected chi connectivity index (χ3v) is 5.58. The Hall–Kier alpha value is -2.28. The maximum absolute atomic E-state index is 12.2. The van der Waals surface area contributed by atoms with Gasteiger partial charge in [0.1, 0.15) is 0 Å². The summed E-state index contributed by atoms with van der Waals surface area (Å²) in [7, 11) is 1.84. The summed E-state index contributed by atoms with van der Waals surface area (Å²) in [4.78, 5) is 26.2. The SMILES string of the molecule is C[C@@H]1[C@H](C)CCC[C@@H]1NC(=O)NC(=O)CN(C)Cc1ccc2c(c1)OCO2. The third kappa shape index (κ3) is 5.13. The lowest BCUT2D eigenvalue weighted by Gasteiger charge is -2.34. The average Bonchev–Trinajstić information content (AvgIpc) is 3.06. The topological polar surface area (TPSA) is 79.9 Å². The molecule has 2 aliphatic rings. The van der Waals surface area contributed by atoms with Gasteiger partial charge in [-0.1, -0.05) is 32.8 Å². The summed E-state index contributed by atoms with van der Waals surface area (Å²) in [6, 6.07) is 5.45. The van der Waals surface area contributed by atoms with E-state index in [2.05, 4.69) is 24.5 Å². The molecule has 1 aliphatic carbocycles. The Bertz CT molecular complexity index is 694. The zero-order valence-corrected chi connectivity index (χ0v) is 16.3. The molecule has 0 saturated heterocycles. The van der Waals surface area contributed by atoms with Crippen LogP contribution in [0.4, 0.5) is 4.79 Å². The first-order valence-electron chi connectivity index (χ1n) is 9.60. The van der Waals surface area contributed by atoms with E-state index >= 15 is 0 Å².